The predicted molar refractivity (Wildman–Crippen MR) is 114 cm³/mol. The SMILES string of the molecule is CSCOC(=O)Cn1nc(C(F)(F)F)c(Cl)c1-c1nnc(-c2cccc(S(C)(=O)=O)c2)s1. The van der Waals surface area contributed by atoms with Gasteiger partial charge in [0.1, 0.15) is 28.2 Å². The molecule has 2 heterocycles. The quantitative estimate of drug-likeness (QED) is 0.336. The summed E-state index contributed by atoms with van der Waals surface area (Å²) in [6, 6.07) is 5.87. The van der Waals surface area contributed by atoms with Gasteiger partial charge < -0.3 is 4.74 Å². The number of benzene rings is 1. The first-order valence-corrected chi connectivity index (χ1v) is 13.0. The van der Waals surface area contributed by atoms with Crippen LogP contribution in [-0.2, 0) is 32.1 Å². The Labute approximate surface area is 193 Å². The summed E-state index contributed by atoms with van der Waals surface area (Å²) in [6.45, 7) is -0.621. The highest BCUT2D eigenvalue weighted by atomic mass is 35.5. The van der Waals surface area contributed by atoms with Crippen LogP contribution in [0.25, 0.3) is 21.3 Å². The van der Waals surface area contributed by atoms with E-state index in [0.29, 0.717) is 5.56 Å². The Morgan fingerprint density at radius 2 is 1.97 bits per heavy atom. The summed E-state index contributed by atoms with van der Waals surface area (Å²) in [5.41, 5.74) is -1.22. The van der Waals surface area contributed by atoms with E-state index in [1.165, 1.54) is 30.0 Å². The fourth-order valence-electron chi connectivity index (χ4n) is 2.53. The van der Waals surface area contributed by atoms with Gasteiger partial charge in [0.2, 0.25) is 0 Å². The second-order valence-electron chi connectivity index (χ2n) is 6.30. The highest BCUT2D eigenvalue weighted by Gasteiger charge is 2.40. The third-order valence-corrected chi connectivity index (χ3v) is 6.72. The normalized spacial score (nSPS) is 12.2. The van der Waals surface area contributed by atoms with Crippen LogP contribution in [0.4, 0.5) is 13.2 Å². The average molecular weight is 527 g/mol. The number of rotatable bonds is 7. The maximum atomic E-state index is 13.4. The van der Waals surface area contributed by atoms with Crippen LogP contribution >= 0.6 is 34.7 Å². The summed E-state index contributed by atoms with van der Waals surface area (Å²) in [7, 11) is -3.48. The number of halogens is 4. The van der Waals surface area contributed by atoms with Crippen molar-refractivity contribution in [2.24, 2.45) is 0 Å². The number of sulfone groups is 1. The largest absolute Gasteiger partial charge is 0.453 e. The van der Waals surface area contributed by atoms with Gasteiger partial charge in [0.25, 0.3) is 0 Å². The molecule has 8 nitrogen and oxygen atoms in total. The smallest absolute Gasteiger partial charge is 0.436 e. The van der Waals surface area contributed by atoms with Crippen LogP contribution in [0.5, 0.6) is 0 Å². The number of thioether (sulfide) groups is 1. The molecule has 0 aliphatic carbocycles. The fourth-order valence-corrected chi connectivity index (χ4v) is 4.73. The molecule has 2 aromatic heterocycles. The molecule has 0 amide bonds. The van der Waals surface area contributed by atoms with E-state index >= 15 is 0 Å². The topological polar surface area (TPSA) is 104 Å². The number of nitrogens with zero attached hydrogens (tertiary/aromatic N) is 4. The minimum atomic E-state index is -4.86. The van der Waals surface area contributed by atoms with E-state index in [0.717, 1.165) is 22.3 Å². The summed E-state index contributed by atoms with van der Waals surface area (Å²) in [5, 5.41) is 10.8. The van der Waals surface area contributed by atoms with E-state index in [1.54, 1.807) is 12.3 Å². The number of aromatic nitrogens is 4. The summed E-state index contributed by atoms with van der Waals surface area (Å²) < 4.78 is 69.3. The van der Waals surface area contributed by atoms with Gasteiger partial charge in [0.15, 0.2) is 20.5 Å². The molecule has 32 heavy (non-hydrogen) atoms. The molecule has 1 aromatic carbocycles. The molecule has 0 N–H and O–H groups in total. The van der Waals surface area contributed by atoms with Crippen LogP contribution in [0.15, 0.2) is 29.2 Å². The second-order valence-corrected chi connectivity index (χ2v) is 10.5. The Hall–Kier alpha value is -2.16. The van der Waals surface area contributed by atoms with Crippen LogP contribution in [0.3, 0.4) is 0 Å². The monoisotopic (exact) mass is 526 g/mol. The van der Waals surface area contributed by atoms with Crippen molar-refractivity contribution in [2.45, 2.75) is 17.6 Å². The lowest BCUT2D eigenvalue weighted by Gasteiger charge is -2.05. The fraction of sp³-hybridized carbons (Fsp3) is 0.294. The Bertz CT molecular complexity index is 1260. The molecule has 3 rings (SSSR count). The molecular weight excluding hydrogens is 513 g/mol. The minimum Gasteiger partial charge on any atom is -0.453 e. The first-order chi connectivity index (χ1) is 14.9. The van der Waals surface area contributed by atoms with Gasteiger partial charge in [-0.1, -0.05) is 35.1 Å². The second kappa shape index (κ2) is 9.37. The molecule has 3 aromatic rings. The lowest BCUT2D eigenvalue weighted by Crippen LogP contribution is -2.16. The molecule has 15 heteroatoms. The Kier molecular flexibility index (Phi) is 7.17. The molecule has 172 valence electrons. The van der Waals surface area contributed by atoms with Crippen molar-refractivity contribution in [1.29, 1.82) is 0 Å². The van der Waals surface area contributed by atoms with Gasteiger partial charge >= 0.3 is 12.1 Å². The van der Waals surface area contributed by atoms with Gasteiger partial charge in [-0.2, -0.15) is 18.3 Å². The third kappa shape index (κ3) is 5.42. The van der Waals surface area contributed by atoms with Crippen molar-refractivity contribution in [3.05, 3.63) is 35.0 Å². The molecule has 0 atom stereocenters. The van der Waals surface area contributed by atoms with Crippen LogP contribution in [0.2, 0.25) is 5.02 Å². The summed E-state index contributed by atoms with van der Waals surface area (Å²) in [4.78, 5) is 12.0. The number of alkyl halides is 3. The Morgan fingerprint density at radius 1 is 1.28 bits per heavy atom. The van der Waals surface area contributed by atoms with Crippen LogP contribution in [0, 0.1) is 0 Å². The van der Waals surface area contributed by atoms with Crippen LogP contribution in [0.1, 0.15) is 5.69 Å². The van der Waals surface area contributed by atoms with Gasteiger partial charge in [-0.3, -0.25) is 4.79 Å². The molecule has 0 spiro atoms. The molecule has 0 aliphatic heterocycles. The average Bonchev–Trinajstić information content (AvgIpc) is 3.30. The van der Waals surface area contributed by atoms with E-state index in [1.807, 2.05) is 0 Å². The number of ether oxygens (including phenoxy) is 1. The first kappa shape index (κ1) is 24.5. The Morgan fingerprint density at radius 3 is 2.59 bits per heavy atom. The van der Waals surface area contributed by atoms with Crippen molar-refractivity contribution in [1.82, 2.24) is 20.0 Å². The highest BCUT2D eigenvalue weighted by molar-refractivity contribution is 7.98. The summed E-state index contributed by atoms with van der Waals surface area (Å²) >= 11 is 8.06. The van der Waals surface area contributed by atoms with Gasteiger partial charge in [-0.15, -0.1) is 22.0 Å². The maximum Gasteiger partial charge on any atom is 0.436 e. The number of carbonyl (C=O) groups excluding carboxylic acids is 1. The zero-order valence-electron chi connectivity index (χ0n) is 16.4. The number of carbonyl (C=O) groups is 1. The number of esters is 1. The summed E-state index contributed by atoms with van der Waals surface area (Å²) in [6.07, 6.45) is -2.13. The number of hydrogen-bond donors (Lipinski definition) is 0. The van der Waals surface area contributed by atoms with Gasteiger partial charge in [-0.25, -0.2) is 13.1 Å². The van der Waals surface area contributed by atoms with Gasteiger partial charge in [-0.05, 0) is 18.4 Å². The minimum absolute atomic E-state index is 0.0227. The predicted octanol–water partition coefficient (Wildman–Crippen LogP) is 4.01. The van der Waals surface area contributed by atoms with Crippen molar-refractivity contribution in [3.8, 4) is 21.3 Å². The standard InChI is InChI=1S/C17H14ClF3N4O4S3/c1-30-8-29-11(26)7-25-13(12(18)14(24-25)17(19,20)21)16-23-22-15(31-16)9-4-3-5-10(6-9)32(2,27)28/h3-6H,7-8H2,1-2H3. The van der Waals surface area contributed by atoms with Crippen LogP contribution in [-0.4, -0.2) is 52.8 Å². The number of hydrogen-bond acceptors (Lipinski definition) is 9. The molecular formula is C17H14ClF3N4O4S3. The Balaban J connectivity index is 2.05. The molecule has 0 saturated heterocycles. The zero-order chi connectivity index (χ0) is 23.7. The van der Waals surface area contributed by atoms with E-state index in [9.17, 15) is 26.4 Å². The lowest BCUT2D eigenvalue weighted by atomic mass is 10.2. The maximum absolute atomic E-state index is 13.4. The summed E-state index contributed by atoms with van der Waals surface area (Å²) in [5.74, 6) is -0.784. The zero-order valence-corrected chi connectivity index (χ0v) is 19.6. The van der Waals surface area contributed by atoms with E-state index in [-0.39, 0.29) is 26.5 Å². The molecule has 0 bridgehead atoms. The van der Waals surface area contributed by atoms with Gasteiger partial charge in [0.05, 0.1) is 4.90 Å². The van der Waals surface area contributed by atoms with E-state index in [2.05, 4.69) is 15.3 Å². The molecule has 0 aliphatic rings. The van der Waals surface area contributed by atoms with Crippen LogP contribution < -0.4 is 0 Å². The molecule has 0 saturated carbocycles. The third-order valence-electron chi connectivity index (χ3n) is 3.92. The van der Waals surface area contributed by atoms with Crippen molar-refractivity contribution in [2.75, 3.05) is 18.5 Å². The van der Waals surface area contributed by atoms with Crippen molar-refractivity contribution < 1.29 is 31.1 Å². The first-order valence-electron chi connectivity index (χ1n) is 8.54. The lowest BCUT2D eigenvalue weighted by molar-refractivity contribution is -0.144. The van der Waals surface area contributed by atoms with Gasteiger partial charge in [0, 0.05) is 11.8 Å². The van der Waals surface area contributed by atoms with Crippen molar-refractivity contribution >= 4 is 50.5 Å². The van der Waals surface area contributed by atoms with E-state index < -0.39 is 39.2 Å². The molecule has 0 fully saturated rings. The van der Waals surface area contributed by atoms with E-state index in [4.69, 9.17) is 16.3 Å². The molecule has 0 unspecified atom stereocenters. The molecule has 0 radical (unpaired) electrons. The highest BCUT2D eigenvalue weighted by Crippen LogP contribution is 2.41. The van der Waals surface area contributed by atoms with Crippen molar-refractivity contribution in [3.63, 3.8) is 0 Å².